The molecular formula is C13H21N3O2. The first-order valence-electron chi connectivity index (χ1n) is 6.78. The van der Waals surface area contributed by atoms with Crippen LogP contribution in [0.5, 0.6) is 0 Å². The van der Waals surface area contributed by atoms with Crippen molar-refractivity contribution < 1.29 is 9.59 Å². The topological polar surface area (TPSA) is 89.4 Å². The summed E-state index contributed by atoms with van der Waals surface area (Å²) >= 11 is 0. The van der Waals surface area contributed by atoms with Gasteiger partial charge in [-0.1, -0.05) is 0 Å². The van der Waals surface area contributed by atoms with E-state index in [0.29, 0.717) is 24.4 Å². The quantitative estimate of drug-likeness (QED) is 0.683. The van der Waals surface area contributed by atoms with Crippen LogP contribution >= 0.6 is 0 Å². The molecule has 3 fully saturated rings. The second kappa shape index (κ2) is 3.70. The number of carbonyl (C=O) groups excluding carboxylic acids is 2. The van der Waals surface area contributed by atoms with Gasteiger partial charge >= 0.3 is 0 Å². The number of hydrogen-bond donors (Lipinski definition) is 2. The zero-order valence-electron chi connectivity index (χ0n) is 10.8. The van der Waals surface area contributed by atoms with E-state index in [0.717, 1.165) is 12.8 Å². The van der Waals surface area contributed by atoms with Gasteiger partial charge in [0.25, 0.3) is 0 Å². The Morgan fingerprint density at radius 1 is 1.11 bits per heavy atom. The van der Waals surface area contributed by atoms with E-state index >= 15 is 0 Å². The van der Waals surface area contributed by atoms with Gasteiger partial charge in [-0.2, -0.15) is 0 Å². The molecule has 2 bridgehead atoms. The average molecular weight is 251 g/mol. The predicted octanol–water partition coefficient (Wildman–Crippen LogP) is -0.164. The predicted molar refractivity (Wildman–Crippen MR) is 66.2 cm³/mol. The van der Waals surface area contributed by atoms with Gasteiger partial charge in [0, 0.05) is 12.1 Å². The third-order valence-corrected chi connectivity index (χ3v) is 5.60. The minimum Gasteiger partial charge on any atom is -0.369 e. The van der Waals surface area contributed by atoms with Gasteiger partial charge in [-0.05, 0) is 51.0 Å². The molecular weight excluding hydrogens is 230 g/mol. The van der Waals surface area contributed by atoms with Gasteiger partial charge < -0.3 is 16.4 Å². The molecule has 5 nitrogen and oxygen atoms in total. The molecule has 0 aromatic heterocycles. The number of piperidine rings is 1. The van der Waals surface area contributed by atoms with E-state index in [4.69, 9.17) is 11.5 Å². The molecule has 2 heterocycles. The fourth-order valence-corrected chi connectivity index (χ4v) is 4.33. The molecule has 2 unspecified atom stereocenters. The molecule has 5 heteroatoms. The van der Waals surface area contributed by atoms with Gasteiger partial charge in [0.15, 0.2) is 0 Å². The molecule has 3 aliphatic rings. The maximum atomic E-state index is 11.5. The van der Waals surface area contributed by atoms with Crippen molar-refractivity contribution in [2.45, 2.75) is 44.2 Å². The van der Waals surface area contributed by atoms with Crippen LogP contribution in [0, 0.1) is 17.3 Å². The molecule has 1 aliphatic carbocycles. The number of hydrogen-bond acceptors (Lipinski definition) is 3. The Balaban J connectivity index is 1.75. The highest BCUT2D eigenvalue weighted by Crippen LogP contribution is 2.60. The van der Waals surface area contributed by atoms with E-state index in [2.05, 4.69) is 11.9 Å². The van der Waals surface area contributed by atoms with Crippen molar-refractivity contribution in [1.82, 2.24) is 4.90 Å². The van der Waals surface area contributed by atoms with Gasteiger partial charge in [0.2, 0.25) is 11.8 Å². The standard InChI is InChI=1S/C13H21N3O2/c1-16-8-2-3-9(16)5-7(4-8)10-6-13(10,11(14)17)12(15)18/h7-10H,2-6H2,1H3,(H2,14,17)(H2,15,18)/t7?,8-,9+,10?. The second-order valence-electron chi connectivity index (χ2n) is 6.29. The summed E-state index contributed by atoms with van der Waals surface area (Å²) in [6.45, 7) is 0. The van der Waals surface area contributed by atoms with E-state index < -0.39 is 17.2 Å². The molecule has 100 valence electrons. The van der Waals surface area contributed by atoms with Gasteiger partial charge in [-0.3, -0.25) is 9.59 Å². The highest BCUT2D eigenvalue weighted by Gasteiger charge is 2.67. The lowest BCUT2D eigenvalue weighted by Crippen LogP contribution is -2.44. The molecule has 4 N–H and O–H groups in total. The van der Waals surface area contributed by atoms with Gasteiger partial charge in [0.1, 0.15) is 5.41 Å². The fourth-order valence-electron chi connectivity index (χ4n) is 4.33. The first kappa shape index (κ1) is 12.0. The maximum absolute atomic E-state index is 11.5. The molecule has 18 heavy (non-hydrogen) atoms. The number of rotatable bonds is 3. The molecule has 0 spiro atoms. The van der Waals surface area contributed by atoms with Crippen LogP contribution in [0.2, 0.25) is 0 Å². The van der Waals surface area contributed by atoms with E-state index in [1.807, 2.05) is 0 Å². The normalized spacial score (nSPS) is 41.6. The number of carbonyl (C=O) groups is 2. The van der Waals surface area contributed by atoms with Gasteiger partial charge in [-0.25, -0.2) is 0 Å². The minimum absolute atomic E-state index is 0.101. The van der Waals surface area contributed by atoms with Gasteiger partial charge in [-0.15, -0.1) is 0 Å². The first-order chi connectivity index (χ1) is 8.46. The molecule has 1 saturated carbocycles. The van der Waals surface area contributed by atoms with Crippen LogP contribution in [-0.2, 0) is 9.59 Å². The van der Waals surface area contributed by atoms with Crippen molar-refractivity contribution in [3.63, 3.8) is 0 Å². The summed E-state index contributed by atoms with van der Waals surface area (Å²) in [7, 11) is 2.18. The zero-order valence-corrected chi connectivity index (χ0v) is 10.8. The van der Waals surface area contributed by atoms with Crippen molar-refractivity contribution >= 4 is 11.8 Å². The Labute approximate surface area is 107 Å². The molecule has 3 rings (SSSR count). The summed E-state index contributed by atoms with van der Waals surface area (Å²) in [4.78, 5) is 25.5. The molecule has 0 radical (unpaired) electrons. The van der Waals surface area contributed by atoms with Crippen molar-refractivity contribution in [1.29, 1.82) is 0 Å². The lowest BCUT2D eigenvalue weighted by molar-refractivity contribution is -0.134. The van der Waals surface area contributed by atoms with Crippen LogP contribution in [0.4, 0.5) is 0 Å². The SMILES string of the molecule is CN1[C@@H]2CC[C@H]1CC(C1CC1(C(N)=O)C(N)=O)C2. The molecule has 0 aromatic rings. The van der Waals surface area contributed by atoms with Crippen molar-refractivity contribution in [3.05, 3.63) is 0 Å². The molecule has 4 atom stereocenters. The maximum Gasteiger partial charge on any atom is 0.233 e. The Kier molecular flexibility index (Phi) is 2.46. The lowest BCUT2D eigenvalue weighted by Gasteiger charge is -2.37. The summed E-state index contributed by atoms with van der Waals surface area (Å²) in [5, 5.41) is 0. The smallest absolute Gasteiger partial charge is 0.233 e. The lowest BCUT2D eigenvalue weighted by atomic mass is 9.83. The van der Waals surface area contributed by atoms with E-state index in [9.17, 15) is 9.59 Å². The van der Waals surface area contributed by atoms with Crippen LogP contribution in [0.1, 0.15) is 32.1 Å². The molecule has 0 aromatic carbocycles. The second-order valence-corrected chi connectivity index (χ2v) is 6.29. The van der Waals surface area contributed by atoms with Crippen LogP contribution in [0.25, 0.3) is 0 Å². The Hall–Kier alpha value is -1.10. The monoisotopic (exact) mass is 251 g/mol. The Bertz CT molecular complexity index is 381. The van der Waals surface area contributed by atoms with E-state index in [-0.39, 0.29) is 5.92 Å². The van der Waals surface area contributed by atoms with Crippen molar-refractivity contribution in [2.75, 3.05) is 7.05 Å². The number of amides is 2. The highest BCUT2D eigenvalue weighted by atomic mass is 16.2. The van der Waals surface area contributed by atoms with Crippen LogP contribution < -0.4 is 11.5 Å². The van der Waals surface area contributed by atoms with Crippen LogP contribution in [0.3, 0.4) is 0 Å². The summed E-state index contributed by atoms with van der Waals surface area (Å²) in [5.74, 6) is -0.499. The summed E-state index contributed by atoms with van der Waals surface area (Å²) in [6.07, 6.45) is 5.22. The van der Waals surface area contributed by atoms with Gasteiger partial charge in [0.05, 0.1) is 0 Å². The molecule has 2 saturated heterocycles. The molecule has 2 aliphatic heterocycles. The Morgan fingerprint density at radius 2 is 1.61 bits per heavy atom. The van der Waals surface area contributed by atoms with Crippen LogP contribution in [0.15, 0.2) is 0 Å². The average Bonchev–Trinajstić information content (AvgIpc) is 3.03. The Morgan fingerprint density at radius 3 is 2.00 bits per heavy atom. The number of primary amides is 2. The zero-order chi connectivity index (χ0) is 13.1. The number of nitrogens with zero attached hydrogens (tertiary/aromatic N) is 1. The van der Waals surface area contributed by atoms with Crippen molar-refractivity contribution in [3.8, 4) is 0 Å². The number of fused-ring (bicyclic) bond motifs is 2. The summed E-state index contributed by atoms with van der Waals surface area (Å²) < 4.78 is 0. The third kappa shape index (κ3) is 1.43. The summed E-state index contributed by atoms with van der Waals surface area (Å²) in [5.41, 5.74) is 9.76. The van der Waals surface area contributed by atoms with Crippen LogP contribution in [-0.4, -0.2) is 35.8 Å². The van der Waals surface area contributed by atoms with Crippen molar-refractivity contribution in [2.24, 2.45) is 28.7 Å². The number of nitrogens with two attached hydrogens (primary N) is 2. The van der Waals surface area contributed by atoms with E-state index in [1.165, 1.54) is 12.8 Å². The highest BCUT2D eigenvalue weighted by molar-refractivity contribution is 6.07. The third-order valence-electron chi connectivity index (χ3n) is 5.60. The molecule has 2 amide bonds. The fraction of sp³-hybridized carbons (Fsp3) is 0.846. The largest absolute Gasteiger partial charge is 0.369 e. The summed E-state index contributed by atoms with van der Waals surface area (Å²) in [6, 6.07) is 1.24. The minimum atomic E-state index is -1.03. The first-order valence-corrected chi connectivity index (χ1v) is 6.78. The van der Waals surface area contributed by atoms with E-state index in [1.54, 1.807) is 0 Å².